The summed E-state index contributed by atoms with van der Waals surface area (Å²) in [5.74, 6) is -1.16. The molecular formula is C20H20N6O4. The maximum absolute atomic E-state index is 12.6. The molecule has 0 saturated carbocycles. The minimum Gasteiger partial charge on any atom is -0.481 e. The molecule has 10 heteroatoms. The minimum atomic E-state index is -1.07. The molecule has 0 radical (unpaired) electrons. The average molecular weight is 408 g/mol. The van der Waals surface area contributed by atoms with E-state index < -0.39 is 17.9 Å². The van der Waals surface area contributed by atoms with Gasteiger partial charge in [0.25, 0.3) is 5.91 Å². The van der Waals surface area contributed by atoms with E-state index in [9.17, 15) is 14.4 Å². The molecule has 0 unspecified atom stereocenters. The Hall–Kier alpha value is -3.95. The van der Waals surface area contributed by atoms with E-state index in [1.165, 1.54) is 0 Å². The lowest BCUT2D eigenvalue weighted by atomic mass is 10.1. The van der Waals surface area contributed by atoms with E-state index in [-0.39, 0.29) is 25.4 Å². The molecule has 2 aromatic heterocycles. The van der Waals surface area contributed by atoms with Gasteiger partial charge >= 0.3 is 5.97 Å². The highest BCUT2D eigenvalue weighted by Gasteiger charge is 2.25. The number of carbonyl (C=O) groups is 3. The zero-order chi connectivity index (χ0) is 21.3. The molecule has 1 atom stereocenters. The summed E-state index contributed by atoms with van der Waals surface area (Å²) in [6, 6.07) is 7.87. The Labute approximate surface area is 171 Å². The number of imidazole rings is 1. The summed E-state index contributed by atoms with van der Waals surface area (Å²) in [4.78, 5) is 47.4. The van der Waals surface area contributed by atoms with Gasteiger partial charge in [0.05, 0.1) is 18.5 Å². The molecular weight excluding hydrogens is 388 g/mol. The third-order valence-electron chi connectivity index (χ3n) is 4.80. The molecule has 3 aromatic rings. The highest BCUT2D eigenvalue weighted by Crippen LogP contribution is 2.22. The number of rotatable bonds is 5. The number of anilines is 1. The highest BCUT2D eigenvalue weighted by atomic mass is 16.4. The summed E-state index contributed by atoms with van der Waals surface area (Å²) in [6.07, 6.45) is -0.334. The molecule has 1 aliphatic heterocycles. The predicted molar refractivity (Wildman–Crippen MR) is 108 cm³/mol. The Morgan fingerprint density at radius 3 is 2.87 bits per heavy atom. The number of amides is 2. The number of pyridine rings is 1. The van der Waals surface area contributed by atoms with Crippen LogP contribution in [-0.4, -0.2) is 43.9 Å². The van der Waals surface area contributed by atoms with Gasteiger partial charge in [-0.2, -0.15) is 0 Å². The first kappa shape index (κ1) is 19.4. The Balaban J connectivity index is 1.46. The topological polar surface area (TPSA) is 149 Å². The Kier molecular flexibility index (Phi) is 5.05. The number of nitrogens with one attached hydrogen (secondary N) is 4. The fourth-order valence-electron chi connectivity index (χ4n) is 3.29. The fourth-order valence-corrected chi connectivity index (χ4v) is 3.29. The smallest absolute Gasteiger partial charge is 0.305 e. The number of aromatic nitrogens is 3. The zero-order valence-electron chi connectivity index (χ0n) is 16.2. The van der Waals surface area contributed by atoms with E-state index >= 15 is 0 Å². The highest BCUT2D eigenvalue weighted by molar-refractivity contribution is 5.95. The lowest BCUT2D eigenvalue weighted by molar-refractivity contribution is -0.139. The quantitative estimate of drug-likeness (QED) is 0.424. The first-order valence-corrected chi connectivity index (χ1v) is 9.38. The van der Waals surface area contributed by atoms with E-state index in [0.29, 0.717) is 28.3 Å². The van der Waals surface area contributed by atoms with Gasteiger partial charge in [0, 0.05) is 23.5 Å². The summed E-state index contributed by atoms with van der Waals surface area (Å²) in [5, 5.41) is 17.4. The van der Waals surface area contributed by atoms with Gasteiger partial charge in [-0.25, -0.2) is 9.97 Å². The van der Waals surface area contributed by atoms with Crippen molar-refractivity contribution in [1.82, 2.24) is 25.6 Å². The summed E-state index contributed by atoms with van der Waals surface area (Å²) in [7, 11) is 0. The van der Waals surface area contributed by atoms with E-state index in [4.69, 9.17) is 5.11 Å². The molecule has 3 heterocycles. The second-order valence-corrected chi connectivity index (χ2v) is 7.07. The molecule has 0 saturated heterocycles. The molecule has 0 aliphatic carbocycles. The summed E-state index contributed by atoms with van der Waals surface area (Å²) < 4.78 is 0. The van der Waals surface area contributed by atoms with Crippen molar-refractivity contribution < 1.29 is 19.5 Å². The van der Waals surface area contributed by atoms with Crippen molar-refractivity contribution in [2.24, 2.45) is 0 Å². The van der Waals surface area contributed by atoms with Crippen LogP contribution in [0.15, 0.2) is 30.3 Å². The van der Waals surface area contributed by atoms with Crippen LogP contribution in [0.3, 0.4) is 0 Å². The molecule has 30 heavy (non-hydrogen) atoms. The first-order chi connectivity index (χ1) is 14.4. The molecule has 0 spiro atoms. The van der Waals surface area contributed by atoms with Crippen molar-refractivity contribution in [3.8, 4) is 0 Å². The van der Waals surface area contributed by atoms with E-state index in [0.717, 1.165) is 11.2 Å². The van der Waals surface area contributed by atoms with Crippen molar-refractivity contribution in [3.63, 3.8) is 0 Å². The van der Waals surface area contributed by atoms with Crippen LogP contribution in [0.1, 0.15) is 33.9 Å². The number of carbonyl (C=O) groups excluding carboxylic acids is 2. The van der Waals surface area contributed by atoms with Crippen LogP contribution in [0, 0.1) is 6.92 Å². The van der Waals surface area contributed by atoms with Crippen LogP contribution < -0.4 is 16.0 Å². The van der Waals surface area contributed by atoms with Gasteiger partial charge in [-0.15, -0.1) is 0 Å². The van der Waals surface area contributed by atoms with Crippen LogP contribution in [-0.2, 0) is 22.7 Å². The Morgan fingerprint density at radius 1 is 1.23 bits per heavy atom. The number of aryl methyl sites for hydroxylation is 1. The van der Waals surface area contributed by atoms with Gasteiger partial charge in [-0.05, 0) is 42.8 Å². The number of carboxylic acids is 1. The van der Waals surface area contributed by atoms with Gasteiger partial charge < -0.3 is 26.0 Å². The third-order valence-corrected chi connectivity index (χ3v) is 4.80. The molecule has 10 nitrogen and oxygen atoms in total. The molecule has 1 aliphatic rings. The van der Waals surface area contributed by atoms with E-state index in [1.54, 1.807) is 18.2 Å². The average Bonchev–Trinajstić information content (AvgIpc) is 3.04. The van der Waals surface area contributed by atoms with Crippen LogP contribution in [0.25, 0.3) is 11.2 Å². The fraction of sp³-hybridized carbons (Fsp3) is 0.250. The van der Waals surface area contributed by atoms with Crippen LogP contribution in [0.5, 0.6) is 0 Å². The summed E-state index contributed by atoms with van der Waals surface area (Å²) in [5.41, 5.74) is 4.00. The van der Waals surface area contributed by atoms with E-state index in [2.05, 4.69) is 30.9 Å². The van der Waals surface area contributed by atoms with Crippen molar-refractivity contribution in [1.29, 1.82) is 0 Å². The van der Waals surface area contributed by atoms with Crippen LogP contribution in [0.4, 0.5) is 5.69 Å². The SMILES string of the molecule is Cc1ccc2[nH]c(CNC(=O)c3ccc4c(c3)CNC(=O)[C@H](CC(=O)O)N4)nc2n1. The second kappa shape index (κ2) is 7.82. The van der Waals surface area contributed by atoms with Gasteiger partial charge in [0.2, 0.25) is 5.91 Å². The number of aliphatic carboxylic acids is 1. The maximum atomic E-state index is 12.6. The minimum absolute atomic E-state index is 0.201. The summed E-state index contributed by atoms with van der Waals surface area (Å²) >= 11 is 0. The summed E-state index contributed by atoms with van der Waals surface area (Å²) in [6.45, 7) is 2.29. The number of hydrogen-bond donors (Lipinski definition) is 5. The number of carboxylic acid groups (broad SMARTS) is 1. The number of fused-ring (bicyclic) bond motifs is 2. The molecule has 154 valence electrons. The molecule has 4 rings (SSSR count). The first-order valence-electron chi connectivity index (χ1n) is 9.38. The number of aromatic amines is 1. The van der Waals surface area contributed by atoms with Crippen molar-refractivity contribution in [2.45, 2.75) is 32.5 Å². The molecule has 1 aromatic carbocycles. The van der Waals surface area contributed by atoms with Crippen molar-refractivity contribution in [2.75, 3.05) is 5.32 Å². The monoisotopic (exact) mass is 408 g/mol. The maximum Gasteiger partial charge on any atom is 0.305 e. The van der Waals surface area contributed by atoms with Gasteiger partial charge in [0.15, 0.2) is 5.65 Å². The third kappa shape index (κ3) is 4.07. The zero-order valence-corrected chi connectivity index (χ0v) is 16.2. The van der Waals surface area contributed by atoms with Crippen LogP contribution in [0.2, 0.25) is 0 Å². The van der Waals surface area contributed by atoms with Gasteiger partial charge in [-0.3, -0.25) is 14.4 Å². The Morgan fingerprint density at radius 2 is 2.07 bits per heavy atom. The lowest BCUT2D eigenvalue weighted by Crippen LogP contribution is -2.38. The number of hydrogen-bond acceptors (Lipinski definition) is 6. The molecule has 2 amide bonds. The Bertz CT molecular complexity index is 1160. The molecule has 5 N–H and O–H groups in total. The van der Waals surface area contributed by atoms with Crippen molar-refractivity contribution in [3.05, 3.63) is 53.0 Å². The standard InChI is InChI=1S/C20H20N6O4/c1-10-2-4-14-18(23-10)26-16(25-14)9-22-19(29)11-3-5-13-12(6-11)8-21-20(30)15(24-13)7-17(27)28/h2-6,15,24H,7-9H2,1H3,(H,21,30)(H,22,29)(H,27,28)(H,23,25,26)/t15-/m0/s1. The van der Waals surface area contributed by atoms with Crippen LogP contribution >= 0.6 is 0 Å². The number of H-pyrrole nitrogens is 1. The lowest BCUT2D eigenvalue weighted by Gasteiger charge is -2.14. The predicted octanol–water partition coefficient (Wildman–Crippen LogP) is 1.08. The van der Waals surface area contributed by atoms with Crippen molar-refractivity contribution >= 4 is 34.6 Å². The second-order valence-electron chi connectivity index (χ2n) is 7.07. The number of benzene rings is 1. The number of nitrogens with zero attached hydrogens (tertiary/aromatic N) is 2. The van der Waals surface area contributed by atoms with Gasteiger partial charge in [0.1, 0.15) is 11.9 Å². The van der Waals surface area contributed by atoms with E-state index in [1.807, 2.05) is 19.1 Å². The molecule has 0 bridgehead atoms. The molecule has 0 fully saturated rings. The van der Waals surface area contributed by atoms with Gasteiger partial charge in [-0.1, -0.05) is 0 Å². The normalized spacial score (nSPS) is 15.6. The largest absolute Gasteiger partial charge is 0.481 e.